The highest BCUT2D eigenvalue weighted by atomic mass is 35.5. The van der Waals surface area contributed by atoms with E-state index in [1.807, 2.05) is 42.0 Å². The number of anilines is 2. The Morgan fingerprint density at radius 3 is 2.54 bits per heavy atom. The van der Waals surface area contributed by atoms with Crippen molar-refractivity contribution in [3.63, 3.8) is 0 Å². The quantitative estimate of drug-likeness (QED) is 0.691. The maximum absolute atomic E-state index is 6.26. The molecule has 1 aromatic carbocycles. The van der Waals surface area contributed by atoms with Crippen LogP contribution < -0.4 is 11.1 Å². The lowest BCUT2D eigenvalue weighted by atomic mass is 10.1. The van der Waals surface area contributed by atoms with Crippen LogP contribution in [-0.4, -0.2) is 15.0 Å². The van der Waals surface area contributed by atoms with Gasteiger partial charge in [-0.2, -0.15) is 0 Å². The number of benzene rings is 1. The highest BCUT2D eigenvalue weighted by molar-refractivity contribution is 7.13. The summed E-state index contributed by atoms with van der Waals surface area (Å²) < 4.78 is 0. The lowest BCUT2D eigenvalue weighted by Gasteiger charge is -2.09. The van der Waals surface area contributed by atoms with Gasteiger partial charge in [-0.05, 0) is 36.1 Å². The van der Waals surface area contributed by atoms with Gasteiger partial charge in [-0.15, -0.1) is 11.3 Å². The molecule has 7 heteroatoms. The van der Waals surface area contributed by atoms with E-state index in [0.29, 0.717) is 12.4 Å². The van der Waals surface area contributed by atoms with Crippen molar-refractivity contribution in [3.8, 4) is 0 Å². The van der Waals surface area contributed by atoms with Gasteiger partial charge in [-0.1, -0.05) is 30.7 Å². The minimum Gasteiger partial charge on any atom is -0.322 e. The Morgan fingerprint density at radius 2 is 1.88 bits per heavy atom. The first-order chi connectivity index (χ1) is 11.6. The van der Waals surface area contributed by atoms with Crippen molar-refractivity contribution in [3.05, 3.63) is 63.9 Å². The number of nitrogens with one attached hydrogen (secondary N) is 1. The maximum atomic E-state index is 6.26. The second-order valence-electron chi connectivity index (χ2n) is 5.41. The van der Waals surface area contributed by atoms with Crippen molar-refractivity contribution in [1.29, 1.82) is 0 Å². The van der Waals surface area contributed by atoms with Crippen molar-refractivity contribution >= 4 is 34.0 Å². The Labute approximate surface area is 149 Å². The molecule has 3 aromatic rings. The van der Waals surface area contributed by atoms with Crippen LogP contribution in [0.5, 0.6) is 0 Å². The van der Waals surface area contributed by atoms with Crippen molar-refractivity contribution in [2.45, 2.75) is 25.8 Å². The number of nitrogens with two attached hydrogens (primary N) is 1. The molecule has 0 aliphatic heterocycles. The van der Waals surface area contributed by atoms with E-state index in [1.165, 1.54) is 11.3 Å². The predicted molar refractivity (Wildman–Crippen MR) is 98.9 cm³/mol. The van der Waals surface area contributed by atoms with Crippen LogP contribution in [0, 0.1) is 0 Å². The fourth-order valence-corrected chi connectivity index (χ4v) is 3.08. The second-order valence-corrected chi connectivity index (χ2v) is 6.70. The molecule has 1 unspecified atom stereocenters. The Kier molecular flexibility index (Phi) is 5.40. The molecule has 1 atom stereocenters. The number of thiazole rings is 1. The molecule has 0 radical (unpaired) electrons. The van der Waals surface area contributed by atoms with Crippen LogP contribution in [-0.2, 0) is 12.8 Å². The average Bonchev–Trinajstić information content (AvgIpc) is 3.06. The predicted octanol–water partition coefficient (Wildman–Crippen LogP) is 4.14. The molecular formula is C17H18ClN5S. The second kappa shape index (κ2) is 7.70. The van der Waals surface area contributed by atoms with Gasteiger partial charge in [0.25, 0.3) is 0 Å². The van der Waals surface area contributed by atoms with E-state index in [4.69, 9.17) is 17.3 Å². The average molecular weight is 360 g/mol. The van der Waals surface area contributed by atoms with Crippen LogP contribution in [0.1, 0.15) is 29.8 Å². The van der Waals surface area contributed by atoms with Crippen LogP contribution in [0.2, 0.25) is 5.02 Å². The topological polar surface area (TPSA) is 76.7 Å². The zero-order valence-electron chi connectivity index (χ0n) is 13.2. The van der Waals surface area contributed by atoms with Crippen LogP contribution in [0.4, 0.5) is 11.1 Å². The highest BCUT2D eigenvalue weighted by Gasteiger charge is 2.12. The summed E-state index contributed by atoms with van der Waals surface area (Å²) in [7, 11) is 0. The third-order valence-electron chi connectivity index (χ3n) is 3.60. The highest BCUT2D eigenvalue weighted by Crippen LogP contribution is 2.24. The normalized spacial score (nSPS) is 12.1. The number of halogens is 1. The van der Waals surface area contributed by atoms with Gasteiger partial charge >= 0.3 is 0 Å². The van der Waals surface area contributed by atoms with Gasteiger partial charge in [-0.3, -0.25) is 0 Å². The Bertz CT molecular complexity index is 786. The summed E-state index contributed by atoms with van der Waals surface area (Å²) in [5.41, 5.74) is 9.35. The summed E-state index contributed by atoms with van der Waals surface area (Å²) in [6.07, 6.45) is 5.26. The zero-order chi connectivity index (χ0) is 16.9. The molecule has 0 spiro atoms. The Hall–Kier alpha value is -2.02. The van der Waals surface area contributed by atoms with Crippen molar-refractivity contribution < 1.29 is 0 Å². The van der Waals surface area contributed by atoms with Crippen LogP contribution >= 0.6 is 22.9 Å². The van der Waals surface area contributed by atoms with Gasteiger partial charge in [0.2, 0.25) is 5.95 Å². The third kappa shape index (κ3) is 4.29. The molecule has 2 heterocycles. The Morgan fingerprint density at radius 1 is 1.17 bits per heavy atom. The van der Waals surface area contributed by atoms with Gasteiger partial charge in [0.05, 0.1) is 11.7 Å². The minimum absolute atomic E-state index is 0.165. The number of aromatic nitrogens is 3. The van der Waals surface area contributed by atoms with E-state index in [-0.39, 0.29) is 6.04 Å². The molecule has 0 saturated carbocycles. The lowest BCUT2D eigenvalue weighted by Crippen LogP contribution is -2.13. The van der Waals surface area contributed by atoms with Crippen molar-refractivity contribution in [1.82, 2.24) is 15.0 Å². The SMILES string of the molecule is CCc1cnc(Nc2nc(C(N)Cc3ccc(Cl)cc3)cs2)nc1. The van der Waals surface area contributed by atoms with E-state index in [0.717, 1.165) is 33.4 Å². The molecule has 0 fully saturated rings. The fraction of sp³-hybridized carbons (Fsp3) is 0.235. The monoisotopic (exact) mass is 359 g/mol. The van der Waals surface area contributed by atoms with Crippen LogP contribution in [0.15, 0.2) is 42.0 Å². The molecule has 3 rings (SSSR count). The van der Waals surface area contributed by atoms with Gasteiger partial charge in [0.15, 0.2) is 5.13 Å². The number of nitrogens with zero attached hydrogens (tertiary/aromatic N) is 3. The lowest BCUT2D eigenvalue weighted by molar-refractivity contribution is 0.702. The summed E-state index contributed by atoms with van der Waals surface area (Å²) in [6, 6.07) is 7.54. The van der Waals surface area contributed by atoms with Gasteiger partial charge in [0, 0.05) is 22.8 Å². The first-order valence-corrected chi connectivity index (χ1v) is 8.93. The number of hydrogen-bond donors (Lipinski definition) is 2. The first kappa shape index (κ1) is 16.8. The van der Waals surface area contributed by atoms with E-state index in [1.54, 1.807) is 0 Å². The van der Waals surface area contributed by atoms with Crippen molar-refractivity contribution in [2.24, 2.45) is 5.73 Å². The van der Waals surface area contributed by atoms with E-state index in [9.17, 15) is 0 Å². The van der Waals surface area contributed by atoms with E-state index in [2.05, 4.69) is 27.2 Å². The molecule has 124 valence electrons. The summed E-state index contributed by atoms with van der Waals surface area (Å²) in [6.45, 7) is 2.07. The third-order valence-corrected chi connectivity index (χ3v) is 4.63. The standard InChI is InChI=1S/C17H18ClN5S/c1-2-11-8-20-16(21-9-11)23-17-22-15(10-24-17)14(19)7-12-3-5-13(18)6-4-12/h3-6,8-10,14H,2,7,19H2,1H3,(H,20,21,22,23). The van der Waals surface area contributed by atoms with Gasteiger partial charge in [-0.25, -0.2) is 15.0 Å². The smallest absolute Gasteiger partial charge is 0.228 e. The molecule has 5 nitrogen and oxygen atoms in total. The number of hydrogen-bond acceptors (Lipinski definition) is 6. The molecule has 3 N–H and O–H groups in total. The molecular weight excluding hydrogens is 342 g/mol. The molecule has 24 heavy (non-hydrogen) atoms. The first-order valence-electron chi connectivity index (χ1n) is 7.67. The molecule has 0 saturated heterocycles. The van der Waals surface area contributed by atoms with Gasteiger partial charge in [0.1, 0.15) is 0 Å². The largest absolute Gasteiger partial charge is 0.322 e. The summed E-state index contributed by atoms with van der Waals surface area (Å²) in [4.78, 5) is 13.1. The van der Waals surface area contributed by atoms with E-state index < -0.39 is 0 Å². The fourth-order valence-electron chi connectivity index (χ4n) is 2.19. The molecule has 0 aliphatic rings. The van der Waals surface area contributed by atoms with Crippen LogP contribution in [0.25, 0.3) is 0 Å². The minimum atomic E-state index is -0.165. The molecule has 0 bridgehead atoms. The molecule has 0 amide bonds. The summed E-state index contributed by atoms with van der Waals surface area (Å²) >= 11 is 7.39. The number of aryl methyl sites for hydroxylation is 1. The molecule has 0 aliphatic carbocycles. The van der Waals surface area contributed by atoms with E-state index >= 15 is 0 Å². The van der Waals surface area contributed by atoms with Crippen molar-refractivity contribution in [2.75, 3.05) is 5.32 Å². The Balaban J connectivity index is 1.64. The van der Waals surface area contributed by atoms with Crippen LogP contribution in [0.3, 0.4) is 0 Å². The molecule has 2 aromatic heterocycles. The van der Waals surface area contributed by atoms with Gasteiger partial charge < -0.3 is 11.1 Å². The number of rotatable bonds is 6. The summed E-state index contributed by atoms with van der Waals surface area (Å²) in [5.74, 6) is 0.541. The maximum Gasteiger partial charge on any atom is 0.228 e. The summed E-state index contributed by atoms with van der Waals surface area (Å²) in [5, 5.41) is 6.54. The zero-order valence-corrected chi connectivity index (χ0v) is 14.8.